The molecule has 1 heterocycles. The number of amides is 1. The van der Waals surface area contributed by atoms with Crippen LogP contribution in [0.5, 0.6) is 0 Å². The molecule has 3 aromatic rings. The Balaban J connectivity index is 1.99. The van der Waals surface area contributed by atoms with E-state index in [0.29, 0.717) is 32.1 Å². The van der Waals surface area contributed by atoms with Crippen LogP contribution >= 0.6 is 34.8 Å². The molecule has 0 radical (unpaired) electrons. The number of benzene rings is 2. The largest absolute Gasteiger partial charge is 0.467 e. The van der Waals surface area contributed by atoms with Crippen LogP contribution in [0.1, 0.15) is 16.1 Å². The van der Waals surface area contributed by atoms with Crippen LogP contribution in [0.2, 0.25) is 15.1 Å². The zero-order valence-corrected chi connectivity index (χ0v) is 14.6. The molecule has 0 aliphatic rings. The molecule has 24 heavy (non-hydrogen) atoms. The van der Waals surface area contributed by atoms with Gasteiger partial charge in [0.1, 0.15) is 5.76 Å². The fourth-order valence-corrected chi connectivity index (χ4v) is 2.88. The van der Waals surface area contributed by atoms with E-state index in [9.17, 15) is 4.79 Å². The van der Waals surface area contributed by atoms with Crippen molar-refractivity contribution < 1.29 is 9.21 Å². The third-order valence-electron chi connectivity index (χ3n) is 3.44. The average molecular weight is 381 g/mol. The summed E-state index contributed by atoms with van der Waals surface area (Å²) in [6, 6.07) is 15.4. The van der Waals surface area contributed by atoms with Crippen molar-refractivity contribution in [2.24, 2.45) is 0 Å². The van der Waals surface area contributed by atoms with Crippen LogP contribution in [0, 0.1) is 0 Å². The van der Waals surface area contributed by atoms with Crippen LogP contribution in [0.4, 0.5) is 5.69 Å². The predicted molar refractivity (Wildman–Crippen MR) is 97.1 cm³/mol. The second kappa shape index (κ2) is 7.31. The highest BCUT2D eigenvalue weighted by molar-refractivity contribution is 6.37. The molecule has 0 saturated carbocycles. The SMILES string of the molecule is O=C(c1ccc(Cl)cc1Cl)N(Cc1ccco1)c1ccc(Cl)cc1. The monoisotopic (exact) mass is 379 g/mol. The molecule has 0 N–H and O–H groups in total. The van der Waals surface area contributed by atoms with E-state index in [0.717, 1.165) is 0 Å². The average Bonchev–Trinajstić information content (AvgIpc) is 3.06. The Hall–Kier alpha value is -1.94. The lowest BCUT2D eigenvalue weighted by atomic mass is 10.1. The molecule has 122 valence electrons. The van der Waals surface area contributed by atoms with Gasteiger partial charge in [-0.05, 0) is 54.6 Å². The Bertz CT molecular complexity index is 845. The lowest BCUT2D eigenvalue weighted by Gasteiger charge is -2.22. The molecule has 0 aliphatic carbocycles. The summed E-state index contributed by atoms with van der Waals surface area (Å²) in [5, 5.41) is 1.36. The Labute approximate surface area is 154 Å². The highest BCUT2D eigenvalue weighted by atomic mass is 35.5. The fraction of sp³-hybridized carbons (Fsp3) is 0.0556. The van der Waals surface area contributed by atoms with Gasteiger partial charge >= 0.3 is 0 Å². The third-order valence-corrected chi connectivity index (χ3v) is 4.24. The van der Waals surface area contributed by atoms with Gasteiger partial charge in [-0.15, -0.1) is 0 Å². The van der Waals surface area contributed by atoms with Gasteiger partial charge in [0.2, 0.25) is 0 Å². The maximum Gasteiger partial charge on any atom is 0.260 e. The van der Waals surface area contributed by atoms with Gasteiger partial charge in [-0.3, -0.25) is 4.79 Å². The Morgan fingerprint density at radius 2 is 1.67 bits per heavy atom. The number of hydrogen-bond donors (Lipinski definition) is 0. The molecular formula is C18H12Cl3NO2. The molecule has 0 atom stereocenters. The summed E-state index contributed by atoms with van der Waals surface area (Å²) in [6.07, 6.45) is 1.56. The lowest BCUT2D eigenvalue weighted by Crippen LogP contribution is -2.30. The topological polar surface area (TPSA) is 33.5 Å². The van der Waals surface area contributed by atoms with Crippen molar-refractivity contribution in [2.75, 3.05) is 4.90 Å². The van der Waals surface area contributed by atoms with E-state index in [1.807, 2.05) is 0 Å². The van der Waals surface area contributed by atoms with Gasteiger partial charge in [-0.2, -0.15) is 0 Å². The van der Waals surface area contributed by atoms with Gasteiger partial charge in [0.05, 0.1) is 23.4 Å². The molecule has 3 rings (SSSR count). The van der Waals surface area contributed by atoms with Crippen LogP contribution in [0.3, 0.4) is 0 Å². The molecule has 1 aromatic heterocycles. The standard InChI is InChI=1S/C18H12Cl3NO2/c19-12-3-6-14(7-4-12)22(11-15-2-1-9-24-15)18(23)16-8-5-13(20)10-17(16)21/h1-10H,11H2. The molecule has 3 nitrogen and oxygen atoms in total. The van der Waals surface area contributed by atoms with Crippen LogP contribution in [0.25, 0.3) is 0 Å². The zero-order chi connectivity index (χ0) is 17.1. The first-order valence-corrected chi connectivity index (χ1v) is 8.23. The highest BCUT2D eigenvalue weighted by Crippen LogP contribution is 2.27. The van der Waals surface area contributed by atoms with Crippen LogP contribution < -0.4 is 4.90 Å². The second-order valence-corrected chi connectivity index (χ2v) is 6.35. The van der Waals surface area contributed by atoms with E-state index in [1.54, 1.807) is 65.8 Å². The van der Waals surface area contributed by atoms with E-state index in [2.05, 4.69) is 0 Å². The van der Waals surface area contributed by atoms with Crippen molar-refractivity contribution >= 4 is 46.4 Å². The van der Waals surface area contributed by atoms with E-state index >= 15 is 0 Å². The maximum absolute atomic E-state index is 13.0. The molecule has 1 amide bonds. The normalized spacial score (nSPS) is 10.6. The number of halogens is 3. The molecular weight excluding hydrogens is 369 g/mol. The highest BCUT2D eigenvalue weighted by Gasteiger charge is 2.21. The first kappa shape index (κ1) is 16.9. The van der Waals surface area contributed by atoms with Gasteiger partial charge in [0, 0.05) is 15.7 Å². The van der Waals surface area contributed by atoms with Gasteiger partial charge in [0.25, 0.3) is 5.91 Å². The first-order valence-electron chi connectivity index (χ1n) is 7.09. The fourth-order valence-electron chi connectivity index (χ4n) is 2.27. The van der Waals surface area contributed by atoms with Gasteiger partial charge in [-0.1, -0.05) is 34.8 Å². The number of furan rings is 1. The van der Waals surface area contributed by atoms with E-state index in [4.69, 9.17) is 39.2 Å². The number of nitrogens with zero attached hydrogens (tertiary/aromatic N) is 1. The molecule has 0 fully saturated rings. The minimum atomic E-state index is -0.254. The minimum Gasteiger partial charge on any atom is -0.467 e. The first-order chi connectivity index (χ1) is 11.5. The molecule has 0 aliphatic heterocycles. The number of carbonyl (C=O) groups excluding carboxylic acids is 1. The number of carbonyl (C=O) groups is 1. The molecule has 6 heteroatoms. The number of hydrogen-bond acceptors (Lipinski definition) is 2. The van der Waals surface area contributed by atoms with Gasteiger partial charge in [0.15, 0.2) is 0 Å². The van der Waals surface area contributed by atoms with Crippen molar-refractivity contribution in [3.8, 4) is 0 Å². The summed E-state index contributed by atoms with van der Waals surface area (Å²) in [4.78, 5) is 14.6. The smallest absolute Gasteiger partial charge is 0.260 e. The molecule has 0 bridgehead atoms. The van der Waals surface area contributed by atoms with Crippen molar-refractivity contribution in [1.29, 1.82) is 0 Å². The van der Waals surface area contributed by atoms with Crippen LogP contribution in [0.15, 0.2) is 65.3 Å². The summed E-state index contributed by atoms with van der Waals surface area (Å²) >= 11 is 18.0. The Morgan fingerprint density at radius 3 is 2.29 bits per heavy atom. The van der Waals surface area contributed by atoms with Crippen molar-refractivity contribution in [3.63, 3.8) is 0 Å². The maximum atomic E-state index is 13.0. The van der Waals surface area contributed by atoms with Crippen LogP contribution in [-0.4, -0.2) is 5.91 Å². The third kappa shape index (κ3) is 3.75. The molecule has 0 unspecified atom stereocenters. The van der Waals surface area contributed by atoms with Crippen LogP contribution in [-0.2, 0) is 6.54 Å². The molecule has 0 spiro atoms. The zero-order valence-electron chi connectivity index (χ0n) is 12.4. The Kier molecular flexibility index (Phi) is 5.14. The van der Waals surface area contributed by atoms with Crippen molar-refractivity contribution in [2.45, 2.75) is 6.54 Å². The summed E-state index contributed by atoms with van der Waals surface area (Å²) in [7, 11) is 0. The summed E-state index contributed by atoms with van der Waals surface area (Å²) < 4.78 is 5.37. The summed E-state index contributed by atoms with van der Waals surface area (Å²) in [5.41, 5.74) is 1.05. The van der Waals surface area contributed by atoms with E-state index < -0.39 is 0 Å². The summed E-state index contributed by atoms with van der Waals surface area (Å²) in [5.74, 6) is 0.402. The number of anilines is 1. The van der Waals surface area contributed by atoms with Gasteiger partial charge in [-0.25, -0.2) is 0 Å². The quantitative estimate of drug-likeness (QED) is 0.549. The Morgan fingerprint density at radius 1 is 0.958 bits per heavy atom. The predicted octanol–water partition coefficient (Wildman–Crippen LogP) is 6.09. The van der Waals surface area contributed by atoms with Crippen molar-refractivity contribution in [3.05, 3.63) is 87.3 Å². The van der Waals surface area contributed by atoms with Gasteiger partial charge < -0.3 is 9.32 Å². The van der Waals surface area contributed by atoms with E-state index in [1.165, 1.54) is 0 Å². The summed E-state index contributed by atoms with van der Waals surface area (Å²) in [6.45, 7) is 0.270. The van der Waals surface area contributed by atoms with E-state index in [-0.39, 0.29) is 12.5 Å². The lowest BCUT2D eigenvalue weighted by molar-refractivity contribution is 0.0983. The molecule has 2 aromatic carbocycles. The second-order valence-electron chi connectivity index (χ2n) is 5.07. The number of rotatable bonds is 4. The molecule has 0 saturated heterocycles. The van der Waals surface area contributed by atoms with Crippen molar-refractivity contribution in [1.82, 2.24) is 0 Å². The minimum absolute atomic E-state index is 0.254.